The second kappa shape index (κ2) is 4.46. The minimum absolute atomic E-state index is 0.354. The first-order valence-corrected chi connectivity index (χ1v) is 6.48. The fourth-order valence-corrected chi connectivity index (χ4v) is 2.51. The first kappa shape index (κ1) is 11.3. The van der Waals surface area contributed by atoms with Gasteiger partial charge in [0.2, 0.25) is 0 Å². The zero-order valence-electron chi connectivity index (χ0n) is 10.5. The van der Waals surface area contributed by atoms with Crippen LogP contribution in [0.3, 0.4) is 0 Å². The van der Waals surface area contributed by atoms with Crippen molar-refractivity contribution < 1.29 is 5.11 Å². The lowest BCUT2D eigenvalue weighted by Gasteiger charge is -2.09. The number of nitrogens with one attached hydrogen (secondary N) is 1. The molecule has 3 rings (SSSR count). The summed E-state index contributed by atoms with van der Waals surface area (Å²) < 4.78 is 0. The number of aliphatic hydroxyl groups excluding tert-OH is 1. The van der Waals surface area contributed by atoms with E-state index >= 15 is 0 Å². The third-order valence-electron chi connectivity index (χ3n) is 3.48. The van der Waals surface area contributed by atoms with Gasteiger partial charge in [-0.1, -0.05) is 37.6 Å². The Morgan fingerprint density at radius 3 is 2.67 bits per heavy atom. The number of fused-ring (bicyclic) bond motifs is 3. The van der Waals surface area contributed by atoms with Gasteiger partial charge in [0.05, 0.1) is 6.10 Å². The highest BCUT2D eigenvalue weighted by Gasteiger charge is 2.09. The zero-order valence-corrected chi connectivity index (χ0v) is 10.5. The highest BCUT2D eigenvalue weighted by Crippen LogP contribution is 2.28. The Kier molecular flexibility index (Phi) is 2.80. The Labute approximate surface area is 106 Å². The van der Waals surface area contributed by atoms with E-state index in [2.05, 4.69) is 36.2 Å². The van der Waals surface area contributed by atoms with Crippen molar-refractivity contribution in [3.63, 3.8) is 0 Å². The van der Waals surface area contributed by atoms with E-state index in [-0.39, 0.29) is 6.10 Å². The van der Waals surface area contributed by atoms with Crippen molar-refractivity contribution >= 4 is 21.8 Å². The molecule has 0 aliphatic carbocycles. The van der Waals surface area contributed by atoms with Crippen LogP contribution in [0, 0.1) is 0 Å². The van der Waals surface area contributed by atoms with Crippen molar-refractivity contribution in [3.05, 3.63) is 48.0 Å². The van der Waals surface area contributed by atoms with Crippen LogP contribution in [-0.4, -0.2) is 10.1 Å². The third kappa shape index (κ3) is 1.79. The van der Waals surface area contributed by atoms with Gasteiger partial charge < -0.3 is 10.1 Å². The van der Waals surface area contributed by atoms with Crippen LogP contribution in [0.15, 0.2) is 42.5 Å². The lowest BCUT2D eigenvalue weighted by molar-refractivity contribution is 0.166. The van der Waals surface area contributed by atoms with Gasteiger partial charge in [0.25, 0.3) is 0 Å². The molecule has 2 aromatic carbocycles. The average Bonchev–Trinajstić information content (AvgIpc) is 2.76. The van der Waals surface area contributed by atoms with Crippen LogP contribution in [0.25, 0.3) is 21.8 Å². The third-order valence-corrected chi connectivity index (χ3v) is 3.48. The summed E-state index contributed by atoms with van der Waals surface area (Å²) in [5.41, 5.74) is 3.28. The molecule has 2 nitrogen and oxygen atoms in total. The van der Waals surface area contributed by atoms with E-state index in [0.717, 1.165) is 29.4 Å². The number of aliphatic hydroxyl groups is 1. The van der Waals surface area contributed by atoms with Crippen molar-refractivity contribution in [2.24, 2.45) is 0 Å². The second-order valence-electron chi connectivity index (χ2n) is 4.78. The topological polar surface area (TPSA) is 36.0 Å². The predicted molar refractivity (Wildman–Crippen MR) is 75.7 cm³/mol. The van der Waals surface area contributed by atoms with Crippen molar-refractivity contribution in [1.29, 1.82) is 0 Å². The zero-order chi connectivity index (χ0) is 12.5. The number of benzene rings is 2. The lowest BCUT2D eigenvalue weighted by Crippen LogP contribution is -1.95. The lowest BCUT2D eigenvalue weighted by atomic mass is 10.0. The summed E-state index contributed by atoms with van der Waals surface area (Å²) in [6.07, 6.45) is 1.45. The molecule has 0 radical (unpaired) electrons. The van der Waals surface area contributed by atoms with Gasteiger partial charge >= 0.3 is 0 Å². The summed E-state index contributed by atoms with van der Waals surface area (Å²) in [6.45, 7) is 2.09. The molecule has 1 unspecified atom stereocenters. The van der Waals surface area contributed by atoms with Gasteiger partial charge in [0.15, 0.2) is 0 Å². The van der Waals surface area contributed by atoms with Gasteiger partial charge in [-0.05, 0) is 30.2 Å². The first-order chi connectivity index (χ1) is 8.79. The van der Waals surface area contributed by atoms with Crippen LogP contribution in [0.4, 0.5) is 0 Å². The highest BCUT2D eigenvalue weighted by atomic mass is 16.3. The molecule has 0 saturated carbocycles. The molecule has 18 heavy (non-hydrogen) atoms. The highest BCUT2D eigenvalue weighted by molar-refractivity contribution is 6.07. The van der Waals surface area contributed by atoms with Crippen molar-refractivity contribution in [3.8, 4) is 0 Å². The molecule has 0 saturated heterocycles. The first-order valence-electron chi connectivity index (χ1n) is 6.48. The standard InChI is InChI=1S/C16H17NO/c1-2-5-16(18)11-8-9-15-13(10-11)12-6-3-4-7-14(12)17-15/h3-4,6-10,16-18H,2,5H2,1H3. The molecule has 0 fully saturated rings. The van der Waals surface area contributed by atoms with Gasteiger partial charge in [-0.3, -0.25) is 0 Å². The van der Waals surface area contributed by atoms with E-state index in [1.54, 1.807) is 0 Å². The van der Waals surface area contributed by atoms with Crippen LogP contribution in [0.1, 0.15) is 31.4 Å². The van der Waals surface area contributed by atoms with Crippen LogP contribution >= 0.6 is 0 Å². The molecule has 1 atom stereocenters. The largest absolute Gasteiger partial charge is 0.388 e. The Morgan fingerprint density at radius 1 is 1.06 bits per heavy atom. The Bertz CT molecular complexity index is 684. The normalized spacial score (nSPS) is 13.2. The van der Waals surface area contributed by atoms with Crippen molar-refractivity contribution in [2.75, 3.05) is 0 Å². The monoisotopic (exact) mass is 239 g/mol. The number of para-hydroxylation sites is 1. The molecule has 0 bridgehead atoms. The van der Waals surface area contributed by atoms with E-state index < -0.39 is 0 Å². The molecule has 2 heteroatoms. The second-order valence-corrected chi connectivity index (χ2v) is 4.78. The SMILES string of the molecule is CCCC(O)c1ccc2[nH]c3ccccc3c2c1. The van der Waals surface area contributed by atoms with Gasteiger partial charge in [0, 0.05) is 21.8 Å². The predicted octanol–water partition coefficient (Wildman–Crippen LogP) is 4.15. The molecular formula is C16H17NO. The number of H-pyrrole nitrogens is 1. The van der Waals surface area contributed by atoms with E-state index in [9.17, 15) is 5.11 Å². The van der Waals surface area contributed by atoms with Crippen LogP contribution < -0.4 is 0 Å². The van der Waals surface area contributed by atoms with E-state index in [4.69, 9.17) is 0 Å². The van der Waals surface area contributed by atoms with E-state index in [1.807, 2.05) is 18.2 Å². The molecule has 1 aromatic heterocycles. The molecular weight excluding hydrogens is 222 g/mol. The van der Waals surface area contributed by atoms with Gasteiger partial charge in [0.1, 0.15) is 0 Å². The molecule has 0 amide bonds. The van der Waals surface area contributed by atoms with Crippen LogP contribution in [0.5, 0.6) is 0 Å². The number of rotatable bonds is 3. The number of aromatic nitrogens is 1. The summed E-state index contributed by atoms with van der Waals surface area (Å²) in [6, 6.07) is 14.5. The number of hydrogen-bond acceptors (Lipinski definition) is 1. The molecule has 0 aliphatic heterocycles. The Hall–Kier alpha value is -1.80. The van der Waals surface area contributed by atoms with Crippen LogP contribution in [-0.2, 0) is 0 Å². The van der Waals surface area contributed by atoms with Gasteiger partial charge in [-0.25, -0.2) is 0 Å². The smallest absolute Gasteiger partial charge is 0.0790 e. The molecule has 92 valence electrons. The quantitative estimate of drug-likeness (QED) is 0.707. The molecule has 1 heterocycles. The van der Waals surface area contributed by atoms with Crippen molar-refractivity contribution in [1.82, 2.24) is 4.98 Å². The maximum Gasteiger partial charge on any atom is 0.0790 e. The Morgan fingerprint density at radius 2 is 1.83 bits per heavy atom. The van der Waals surface area contributed by atoms with Gasteiger partial charge in [-0.15, -0.1) is 0 Å². The van der Waals surface area contributed by atoms with Crippen LogP contribution in [0.2, 0.25) is 0 Å². The van der Waals surface area contributed by atoms with Crippen molar-refractivity contribution in [2.45, 2.75) is 25.9 Å². The van der Waals surface area contributed by atoms with E-state index in [0.29, 0.717) is 0 Å². The summed E-state index contributed by atoms with van der Waals surface area (Å²) in [5, 5.41) is 12.5. The van der Waals surface area contributed by atoms with Gasteiger partial charge in [-0.2, -0.15) is 0 Å². The summed E-state index contributed by atoms with van der Waals surface area (Å²) in [5.74, 6) is 0. The summed E-state index contributed by atoms with van der Waals surface area (Å²) >= 11 is 0. The molecule has 0 spiro atoms. The minimum Gasteiger partial charge on any atom is -0.388 e. The summed E-state index contributed by atoms with van der Waals surface area (Å²) in [4.78, 5) is 3.39. The maximum atomic E-state index is 10.1. The Balaban J connectivity index is 2.18. The maximum absolute atomic E-state index is 10.1. The fourth-order valence-electron chi connectivity index (χ4n) is 2.51. The molecule has 0 aliphatic rings. The minimum atomic E-state index is -0.354. The average molecular weight is 239 g/mol. The number of hydrogen-bond donors (Lipinski definition) is 2. The number of aromatic amines is 1. The van der Waals surface area contributed by atoms with E-state index in [1.165, 1.54) is 10.8 Å². The summed E-state index contributed by atoms with van der Waals surface area (Å²) in [7, 11) is 0. The molecule has 3 aromatic rings. The molecule has 2 N–H and O–H groups in total. The fraction of sp³-hybridized carbons (Fsp3) is 0.250.